The monoisotopic (exact) mass is 453 g/mol. The lowest BCUT2D eigenvalue weighted by Crippen LogP contribution is -2.52. The van der Waals surface area contributed by atoms with Gasteiger partial charge in [-0.2, -0.15) is 0 Å². The van der Waals surface area contributed by atoms with Crippen molar-refractivity contribution in [1.29, 1.82) is 0 Å². The minimum Gasteiger partial charge on any atom is -0.486 e. The highest BCUT2D eigenvalue weighted by molar-refractivity contribution is 6.15. The Balaban J connectivity index is 1.35. The molecule has 0 N–H and O–H groups in total. The highest BCUT2D eigenvalue weighted by Gasteiger charge is 2.44. The molecule has 2 aliphatic heterocycles. The number of piperidine rings is 1. The topological polar surface area (TPSA) is 63.7 Å². The third-order valence-corrected chi connectivity index (χ3v) is 6.93. The maximum absolute atomic E-state index is 13.4. The Morgan fingerprint density at radius 1 is 0.882 bits per heavy atom. The van der Waals surface area contributed by atoms with Gasteiger partial charge in [0.15, 0.2) is 11.6 Å². The van der Waals surface area contributed by atoms with Gasteiger partial charge in [-0.05, 0) is 37.1 Å². The van der Waals surface area contributed by atoms with Crippen molar-refractivity contribution < 1.29 is 19.1 Å². The smallest absolute Gasteiger partial charge is 0.254 e. The summed E-state index contributed by atoms with van der Waals surface area (Å²) in [4.78, 5) is 41.3. The minimum atomic E-state index is -0.583. The Morgan fingerprint density at radius 2 is 1.53 bits per heavy atom. The summed E-state index contributed by atoms with van der Waals surface area (Å²) in [5.41, 5.74) is 3.48. The number of benzene rings is 3. The molecular weight excluding hydrogens is 426 g/mol. The molecule has 0 bridgehead atoms. The van der Waals surface area contributed by atoms with E-state index in [4.69, 9.17) is 4.74 Å². The largest absolute Gasteiger partial charge is 0.486 e. The first-order valence-corrected chi connectivity index (χ1v) is 11.7. The fourth-order valence-corrected chi connectivity index (χ4v) is 5.20. The average molecular weight is 454 g/mol. The summed E-state index contributed by atoms with van der Waals surface area (Å²) in [5, 5.41) is 0. The Kier molecular flexibility index (Phi) is 5.56. The fourth-order valence-electron chi connectivity index (χ4n) is 5.20. The van der Waals surface area contributed by atoms with Gasteiger partial charge in [-0.3, -0.25) is 14.4 Å². The molecule has 0 aliphatic carbocycles. The summed E-state index contributed by atoms with van der Waals surface area (Å²) in [6.07, 6.45) is 1.48. The molecule has 3 aromatic rings. The molecule has 5 rings (SSSR count). The van der Waals surface area contributed by atoms with Crippen LogP contribution in [0, 0.1) is 13.8 Å². The van der Waals surface area contributed by atoms with E-state index in [0.29, 0.717) is 60.4 Å². The van der Waals surface area contributed by atoms with E-state index in [0.717, 1.165) is 11.1 Å². The van der Waals surface area contributed by atoms with Crippen LogP contribution in [-0.4, -0.2) is 41.1 Å². The molecule has 34 heavy (non-hydrogen) atoms. The summed E-state index contributed by atoms with van der Waals surface area (Å²) in [6.45, 7) is 4.89. The molecule has 1 saturated heterocycles. The highest BCUT2D eigenvalue weighted by Crippen LogP contribution is 2.41. The average Bonchev–Trinajstić information content (AvgIpc) is 2.83. The Bertz CT molecular complexity index is 1290. The minimum absolute atomic E-state index is 0.109. The number of carbonyl (C=O) groups is 3. The lowest BCUT2D eigenvalue weighted by atomic mass is 9.81. The Morgan fingerprint density at radius 3 is 2.24 bits per heavy atom. The van der Waals surface area contributed by atoms with E-state index in [1.54, 1.807) is 41.3 Å². The molecule has 0 atom stereocenters. The molecule has 1 amide bonds. The third-order valence-electron chi connectivity index (χ3n) is 6.93. The van der Waals surface area contributed by atoms with Crippen molar-refractivity contribution >= 4 is 17.5 Å². The maximum Gasteiger partial charge on any atom is 0.254 e. The first-order valence-electron chi connectivity index (χ1n) is 11.7. The van der Waals surface area contributed by atoms with Crippen LogP contribution in [0.5, 0.6) is 5.75 Å². The molecule has 172 valence electrons. The number of carbonyl (C=O) groups excluding carboxylic acids is 3. The van der Waals surface area contributed by atoms with Crippen LogP contribution in [-0.2, 0) is 0 Å². The number of aryl methyl sites for hydroxylation is 2. The second-order valence-corrected chi connectivity index (χ2v) is 9.37. The van der Waals surface area contributed by atoms with Crippen molar-refractivity contribution in [2.75, 3.05) is 13.1 Å². The Hall–Kier alpha value is -3.73. The van der Waals surface area contributed by atoms with E-state index >= 15 is 0 Å². The number of rotatable bonds is 3. The Labute approximate surface area is 199 Å². The molecule has 0 unspecified atom stereocenters. The van der Waals surface area contributed by atoms with Gasteiger partial charge in [0.05, 0.1) is 17.5 Å². The van der Waals surface area contributed by atoms with Crippen molar-refractivity contribution in [2.24, 2.45) is 0 Å². The number of likely N-dealkylation sites (tertiary alicyclic amines) is 1. The maximum atomic E-state index is 13.4. The molecule has 0 radical (unpaired) electrons. The van der Waals surface area contributed by atoms with Crippen LogP contribution in [0.25, 0.3) is 0 Å². The van der Waals surface area contributed by atoms with Gasteiger partial charge >= 0.3 is 0 Å². The summed E-state index contributed by atoms with van der Waals surface area (Å²) in [5.74, 6) is 0.440. The number of nitrogens with zero attached hydrogens (tertiary/aromatic N) is 1. The molecule has 3 aromatic carbocycles. The third kappa shape index (κ3) is 3.92. The number of ether oxygens (including phenoxy) is 1. The van der Waals surface area contributed by atoms with Crippen molar-refractivity contribution in [3.05, 3.63) is 100 Å². The lowest BCUT2D eigenvalue weighted by Gasteiger charge is -2.44. The van der Waals surface area contributed by atoms with E-state index < -0.39 is 5.60 Å². The van der Waals surface area contributed by atoms with E-state index in [9.17, 15) is 14.4 Å². The van der Waals surface area contributed by atoms with E-state index in [-0.39, 0.29) is 17.5 Å². The highest BCUT2D eigenvalue weighted by atomic mass is 16.5. The van der Waals surface area contributed by atoms with Crippen LogP contribution >= 0.6 is 0 Å². The van der Waals surface area contributed by atoms with Gasteiger partial charge in [0, 0.05) is 37.1 Å². The van der Waals surface area contributed by atoms with Gasteiger partial charge in [0.1, 0.15) is 11.4 Å². The van der Waals surface area contributed by atoms with Crippen LogP contribution in [0.1, 0.15) is 67.0 Å². The summed E-state index contributed by atoms with van der Waals surface area (Å²) < 4.78 is 6.43. The molecule has 2 aliphatic rings. The van der Waals surface area contributed by atoms with E-state index in [2.05, 4.69) is 0 Å². The SMILES string of the molecule is Cc1cc(C)c2c(c1)OC1(CCN(C(=O)c3ccccc3C(=O)c3ccccc3)CC1)CC2=O. The molecule has 1 fully saturated rings. The van der Waals surface area contributed by atoms with E-state index in [1.807, 2.05) is 44.2 Å². The second kappa shape index (κ2) is 8.56. The van der Waals surface area contributed by atoms with Crippen molar-refractivity contribution in [2.45, 2.75) is 38.7 Å². The number of amides is 1. The second-order valence-electron chi connectivity index (χ2n) is 9.37. The molecule has 5 nitrogen and oxygen atoms in total. The number of hydrogen-bond acceptors (Lipinski definition) is 4. The van der Waals surface area contributed by atoms with E-state index in [1.165, 1.54) is 0 Å². The summed E-state index contributed by atoms with van der Waals surface area (Å²) in [7, 11) is 0. The number of ketones is 2. The first-order chi connectivity index (χ1) is 16.4. The van der Waals surface area contributed by atoms with Crippen molar-refractivity contribution in [3.63, 3.8) is 0 Å². The van der Waals surface area contributed by atoms with Crippen molar-refractivity contribution in [3.8, 4) is 5.75 Å². The number of hydrogen-bond donors (Lipinski definition) is 0. The fraction of sp³-hybridized carbons (Fsp3) is 0.276. The van der Waals surface area contributed by atoms with Gasteiger partial charge in [-0.25, -0.2) is 0 Å². The molecule has 2 heterocycles. The molecule has 5 heteroatoms. The molecule has 0 saturated carbocycles. The van der Waals surface area contributed by atoms with Crippen LogP contribution in [0.15, 0.2) is 66.7 Å². The van der Waals surface area contributed by atoms with Crippen LogP contribution < -0.4 is 4.74 Å². The van der Waals surface area contributed by atoms with Crippen LogP contribution in [0.3, 0.4) is 0 Å². The quantitative estimate of drug-likeness (QED) is 0.513. The zero-order chi connectivity index (χ0) is 23.9. The zero-order valence-corrected chi connectivity index (χ0v) is 19.5. The lowest BCUT2D eigenvalue weighted by molar-refractivity contribution is -0.00585. The number of Topliss-reactive ketones (excluding diaryl/α,β-unsaturated/α-hetero) is 1. The zero-order valence-electron chi connectivity index (χ0n) is 19.5. The van der Waals surface area contributed by atoms with Crippen LogP contribution in [0.2, 0.25) is 0 Å². The van der Waals surface area contributed by atoms with Crippen molar-refractivity contribution in [1.82, 2.24) is 4.90 Å². The van der Waals surface area contributed by atoms with Gasteiger partial charge in [-0.15, -0.1) is 0 Å². The van der Waals surface area contributed by atoms with Gasteiger partial charge in [-0.1, -0.05) is 54.6 Å². The van der Waals surface area contributed by atoms with Gasteiger partial charge in [0.25, 0.3) is 5.91 Å². The first kappa shape index (κ1) is 22.1. The summed E-state index contributed by atoms with van der Waals surface area (Å²) in [6, 6.07) is 19.9. The van der Waals surface area contributed by atoms with Gasteiger partial charge < -0.3 is 9.64 Å². The predicted octanol–water partition coefficient (Wildman–Crippen LogP) is 5.17. The molecular formula is C29H27NO4. The molecule has 0 aromatic heterocycles. The molecule has 1 spiro atoms. The standard InChI is InChI=1S/C29H27NO4/c1-19-16-20(2)26-24(31)18-29(34-25(26)17-19)12-14-30(15-13-29)28(33)23-11-7-6-10-22(23)27(32)21-8-4-3-5-9-21/h3-11,16-17H,12-15,18H2,1-2H3. The normalized spacial score (nSPS) is 16.6. The van der Waals surface area contributed by atoms with Crippen LogP contribution in [0.4, 0.5) is 0 Å². The number of fused-ring (bicyclic) bond motifs is 1. The summed E-state index contributed by atoms with van der Waals surface area (Å²) >= 11 is 0. The van der Waals surface area contributed by atoms with Gasteiger partial charge in [0.2, 0.25) is 0 Å². The predicted molar refractivity (Wildman–Crippen MR) is 130 cm³/mol.